The number of hydrogen-bond donors (Lipinski definition) is 2. The van der Waals surface area contributed by atoms with Crippen LogP contribution in [-0.4, -0.2) is 31.1 Å². The van der Waals surface area contributed by atoms with Crippen LogP contribution in [0, 0.1) is 12.8 Å². The molecule has 0 spiro atoms. The Hall–Kier alpha value is -2.70. The van der Waals surface area contributed by atoms with Gasteiger partial charge in [0.15, 0.2) is 5.96 Å². The third-order valence-corrected chi connectivity index (χ3v) is 6.48. The van der Waals surface area contributed by atoms with E-state index in [2.05, 4.69) is 64.3 Å². The van der Waals surface area contributed by atoms with Crippen molar-refractivity contribution in [3.05, 3.63) is 76.1 Å². The van der Waals surface area contributed by atoms with Crippen LogP contribution in [-0.2, 0) is 11.3 Å². The third-order valence-electron chi connectivity index (χ3n) is 5.63. The fourth-order valence-corrected chi connectivity index (χ4v) is 4.66. The first-order valence-corrected chi connectivity index (χ1v) is 11.7. The van der Waals surface area contributed by atoms with Gasteiger partial charge in [0.2, 0.25) is 0 Å². The van der Waals surface area contributed by atoms with E-state index < -0.39 is 0 Å². The summed E-state index contributed by atoms with van der Waals surface area (Å²) in [4.78, 5) is 9.14. The molecule has 162 valence electrons. The van der Waals surface area contributed by atoms with Gasteiger partial charge in [-0.2, -0.15) is 0 Å². The molecular weight excluding hydrogens is 404 g/mol. The monoisotopic (exact) mass is 434 g/mol. The molecule has 0 aliphatic carbocycles. The minimum Gasteiger partial charge on any atom is -0.373 e. The Labute approximate surface area is 188 Å². The Morgan fingerprint density at radius 2 is 1.94 bits per heavy atom. The molecular formula is C25H30N4OS. The number of nitrogens with one attached hydrogen (secondary N) is 2. The van der Waals surface area contributed by atoms with E-state index in [1.54, 1.807) is 18.4 Å². The van der Waals surface area contributed by atoms with Gasteiger partial charge in [-0.15, -0.1) is 11.3 Å². The number of aromatic nitrogens is 1. The highest BCUT2D eigenvalue weighted by Crippen LogP contribution is 2.33. The molecule has 0 bridgehead atoms. The van der Waals surface area contributed by atoms with Crippen molar-refractivity contribution < 1.29 is 4.74 Å². The molecule has 2 aromatic carbocycles. The maximum atomic E-state index is 6.15. The summed E-state index contributed by atoms with van der Waals surface area (Å²) >= 11 is 1.67. The van der Waals surface area contributed by atoms with Gasteiger partial charge in [0.25, 0.3) is 0 Å². The Bertz CT molecular complexity index is 984. The van der Waals surface area contributed by atoms with E-state index in [9.17, 15) is 0 Å². The third kappa shape index (κ3) is 5.71. The van der Waals surface area contributed by atoms with Crippen LogP contribution in [0.2, 0.25) is 0 Å². The summed E-state index contributed by atoms with van der Waals surface area (Å²) in [5.74, 6) is 1.21. The van der Waals surface area contributed by atoms with E-state index in [1.807, 2.05) is 18.2 Å². The zero-order valence-corrected chi connectivity index (χ0v) is 19.0. The second-order valence-electron chi connectivity index (χ2n) is 7.90. The van der Waals surface area contributed by atoms with Gasteiger partial charge in [-0.25, -0.2) is 4.98 Å². The van der Waals surface area contributed by atoms with Crippen LogP contribution in [0.25, 0.3) is 11.3 Å². The lowest BCUT2D eigenvalue weighted by Crippen LogP contribution is -2.41. The fourth-order valence-electron chi connectivity index (χ4n) is 3.92. The van der Waals surface area contributed by atoms with Crippen LogP contribution < -0.4 is 10.6 Å². The Morgan fingerprint density at radius 1 is 1.13 bits per heavy atom. The second kappa shape index (κ2) is 10.6. The molecule has 31 heavy (non-hydrogen) atoms. The minimum atomic E-state index is 0.132. The van der Waals surface area contributed by atoms with Crippen LogP contribution in [0.15, 0.2) is 65.0 Å². The second-order valence-corrected chi connectivity index (χ2v) is 8.85. The molecule has 1 aromatic heterocycles. The molecule has 1 aliphatic heterocycles. The molecule has 0 saturated carbocycles. The van der Waals surface area contributed by atoms with E-state index in [1.165, 1.54) is 11.1 Å². The zero-order chi connectivity index (χ0) is 21.5. The van der Waals surface area contributed by atoms with E-state index in [0.717, 1.165) is 48.2 Å². The Kier molecular flexibility index (Phi) is 7.33. The van der Waals surface area contributed by atoms with Gasteiger partial charge in [-0.05, 0) is 25.3 Å². The van der Waals surface area contributed by atoms with Gasteiger partial charge >= 0.3 is 0 Å². The molecule has 1 fully saturated rings. The number of guanidine groups is 1. The van der Waals surface area contributed by atoms with Crippen molar-refractivity contribution in [2.24, 2.45) is 10.9 Å². The number of thiazole rings is 1. The summed E-state index contributed by atoms with van der Waals surface area (Å²) in [7, 11) is 1.81. The van der Waals surface area contributed by atoms with Crippen molar-refractivity contribution in [1.82, 2.24) is 15.6 Å². The maximum Gasteiger partial charge on any atom is 0.191 e. The lowest BCUT2D eigenvalue weighted by Gasteiger charge is -2.32. The first-order valence-electron chi connectivity index (χ1n) is 10.9. The summed E-state index contributed by atoms with van der Waals surface area (Å²) in [5, 5.41) is 10.0. The van der Waals surface area contributed by atoms with Gasteiger partial charge in [0, 0.05) is 37.1 Å². The first kappa shape index (κ1) is 21.5. The lowest BCUT2D eigenvalue weighted by atomic mass is 9.89. The lowest BCUT2D eigenvalue weighted by molar-refractivity contribution is -0.0265. The summed E-state index contributed by atoms with van der Waals surface area (Å²) < 4.78 is 6.15. The first-order chi connectivity index (χ1) is 15.2. The summed E-state index contributed by atoms with van der Waals surface area (Å²) in [6, 6.07) is 19.0. The van der Waals surface area contributed by atoms with Crippen molar-refractivity contribution in [3.63, 3.8) is 0 Å². The standard InChI is InChI=1S/C25H30N4OS/c1-18-10-12-20(13-11-18)24-21(9-6-14-30-24)15-27-25(26-2)28-16-23-29-22(17-31-23)19-7-4-3-5-8-19/h3-5,7-8,10-13,17,21,24H,6,9,14-16H2,1-2H3,(H2,26,27,28). The van der Waals surface area contributed by atoms with E-state index in [0.29, 0.717) is 12.5 Å². The minimum absolute atomic E-state index is 0.132. The average molecular weight is 435 g/mol. The Balaban J connectivity index is 1.32. The van der Waals surface area contributed by atoms with Crippen molar-refractivity contribution in [2.45, 2.75) is 32.4 Å². The van der Waals surface area contributed by atoms with E-state index in [-0.39, 0.29) is 6.10 Å². The molecule has 1 saturated heterocycles. The Morgan fingerprint density at radius 3 is 2.71 bits per heavy atom. The van der Waals surface area contributed by atoms with Crippen molar-refractivity contribution in [1.29, 1.82) is 0 Å². The number of ether oxygens (including phenoxy) is 1. The number of aliphatic imine (C=N–C) groups is 1. The van der Waals surface area contributed by atoms with Crippen LogP contribution in [0.4, 0.5) is 0 Å². The van der Waals surface area contributed by atoms with Crippen molar-refractivity contribution in [3.8, 4) is 11.3 Å². The van der Waals surface area contributed by atoms with Gasteiger partial charge in [0.1, 0.15) is 5.01 Å². The molecule has 5 nitrogen and oxygen atoms in total. The molecule has 3 aromatic rings. The van der Waals surface area contributed by atoms with Crippen LogP contribution in [0.5, 0.6) is 0 Å². The maximum absolute atomic E-state index is 6.15. The molecule has 2 N–H and O–H groups in total. The topological polar surface area (TPSA) is 58.5 Å². The van der Waals surface area contributed by atoms with Crippen molar-refractivity contribution >= 4 is 17.3 Å². The van der Waals surface area contributed by atoms with E-state index >= 15 is 0 Å². The average Bonchev–Trinajstić information content (AvgIpc) is 3.30. The number of hydrogen-bond acceptors (Lipinski definition) is 4. The highest BCUT2D eigenvalue weighted by Gasteiger charge is 2.27. The molecule has 0 radical (unpaired) electrons. The summed E-state index contributed by atoms with van der Waals surface area (Å²) in [6.45, 7) is 4.42. The number of aryl methyl sites for hydroxylation is 1. The summed E-state index contributed by atoms with van der Waals surface area (Å²) in [6.07, 6.45) is 2.38. The van der Waals surface area contributed by atoms with Crippen LogP contribution in [0.1, 0.15) is 35.1 Å². The summed E-state index contributed by atoms with van der Waals surface area (Å²) in [5.41, 5.74) is 4.70. The van der Waals surface area contributed by atoms with Gasteiger partial charge < -0.3 is 15.4 Å². The quantitative estimate of drug-likeness (QED) is 0.426. The highest BCUT2D eigenvalue weighted by molar-refractivity contribution is 7.09. The fraction of sp³-hybridized carbons (Fsp3) is 0.360. The number of rotatable bonds is 6. The zero-order valence-electron chi connectivity index (χ0n) is 18.2. The van der Waals surface area contributed by atoms with Crippen LogP contribution >= 0.6 is 11.3 Å². The molecule has 2 atom stereocenters. The largest absolute Gasteiger partial charge is 0.373 e. The predicted octanol–water partition coefficient (Wildman–Crippen LogP) is 4.95. The molecule has 2 unspecified atom stereocenters. The number of benzene rings is 2. The van der Waals surface area contributed by atoms with Crippen LogP contribution in [0.3, 0.4) is 0 Å². The van der Waals surface area contributed by atoms with Gasteiger partial charge in [0.05, 0.1) is 18.3 Å². The van der Waals surface area contributed by atoms with E-state index in [4.69, 9.17) is 9.72 Å². The molecule has 2 heterocycles. The predicted molar refractivity (Wildman–Crippen MR) is 128 cm³/mol. The molecule has 4 rings (SSSR count). The normalized spacial score (nSPS) is 19.2. The SMILES string of the molecule is CN=C(NCc1nc(-c2ccccc2)cs1)NCC1CCCOC1c1ccc(C)cc1. The molecule has 1 aliphatic rings. The van der Waals surface area contributed by atoms with Crippen molar-refractivity contribution in [2.75, 3.05) is 20.2 Å². The smallest absolute Gasteiger partial charge is 0.191 e. The van der Waals surface area contributed by atoms with Gasteiger partial charge in [-0.3, -0.25) is 4.99 Å². The van der Waals surface area contributed by atoms with Gasteiger partial charge in [-0.1, -0.05) is 60.2 Å². The number of nitrogens with zero attached hydrogens (tertiary/aromatic N) is 2. The molecule has 6 heteroatoms. The highest BCUT2D eigenvalue weighted by atomic mass is 32.1. The molecule has 0 amide bonds.